The third kappa shape index (κ3) is 5.00. The zero-order chi connectivity index (χ0) is 9.72. The van der Waals surface area contributed by atoms with Crippen molar-refractivity contribution in [3.63, 3.8) is 0 Å². The molecular formula is C11H21N. The average Bonchev–Trinajstić information content (AvgIpc) is 1.83. The van der Waals surface area contributed by atoms with Crippen molar-refractivity contribution in [2.24, 2.45) is 5.92 Å². The number of hydrogen-bond donors (Lipinski definition) is 1. The fourth-order valence-electron chi connectivity index (χ4n) is 1.15. The van der Waals surface area contributed by atoms with Crippen LogP contribution in [0.1, 0.15) is 34.1 Å². The lowest BCUT2D eigenvalue weighted by Gasteiger charge is -2.21. The monoisotopic (exact) mass is 167 g/mol. The predicted molar refractivity (Wildman–Crippen MR) is 56.0 cm³/mol. The molecule has 0 aromatic rings. The van der Waals surface area contributed by atoms with E-state index >= 15 is 0 Å². The Hall–Kier alpha value is -0.720. The Morgan fingerprint density at radius 3 is 2.00 bits per heavy atom. The lowest BCUT2D eigenvalue weighted by molar-refractivity contribution is 0.487. The molecule has 0 saturated carbocycles. The Labute approximate surface area is 76.6 Å². The smallest absolute Gasteiger partial charge is 0.0467 e. The summed E-state index contributed by atoms with van der Waals surface area (Å²) >= 11 is 0. The van der Waals surface area contributed by atoms with Crippen molar-refractivity contribution in [2.45, 2.75) is 40.2 Å². The maximum atomic E-state index is 3.96. The van der Waals surface area contributed by atoms with Gasteiger partial charge >= 0.3 is 0 Å². The summed E-state index contributed by atoms with van der Waals surface area (Å²) in [5.74, 6) is 0.693. The van der Waals surface area contributed by atoms with Gasteiger partial charge in [-0.3, -0.25) is 0 Å². The maximum Gasteiger partial charge on any atom is 0.0467 e. The van der Waals surface area contributed by atoms with Crippen LogP contribution in [0, 0.1) is 5.92 Å². The SMILES string of the molecule is C=C(C)NC(CC(C)C)C(=C)C. The molecule has 0 spiro atoms. The minimum Gasteiger partial charge on any atom is -0.383 e. The summed E-state index contributed by atoms with van der Waals surface area (Å²) in [4.78, 5) is 0. The lowest BCUT2D eigenvalue weighted by atomic mass is 9.99. The molecule has 1 unspecified atom stereocenters. The van der Waals surface area contributed by atoms with Crippen LogP contribution in [0.3, 0.4) is 0 Å². The number of hydrogen-bond acceptors (Lipinski definition) is 1. The topological polar surface area (TPSA) is 12.0 Å². The van der Waals surface area contributed by atoms with Crippen LogP contribution >= 0.6 is 0 Å². The Balaban J connectivity index is 4.04. The number of rotatable bonds is 5. The highest BCUT2D eigenvalue weighted by Crippen LogP contribution is 2.11. The van der Waals surface area contributed by atoms with Crippen LogP contribution in [0.4, 0.5) is 0 Å². The Morgan fingerprint density at radius 2 is 1.75 bits per heavy atom. The molecule has 0 aromatic heterocycles. The first-order chi connectivity index (χ1) is 5.43. The van der Waals surface area contributed by atoms with E-state index in [2.05, 4.69) is 39.2 Å². The molecule has 0 radical (unpaired) electrons. The van der Waals surface area contributed by atoms with Gasteiger partial charge in [-0.05, 0) is 26.2 Å². The summed E-state index contributed by atoms with van der Waals surface area (Å²) in [6.07, 6.45) is 1.13. The van der Waals surface area contributed by atoms with Crippen molar-refractivity contribution in [3.05, 3.63) is 24.4 Å². The highest BCUT2D eigenvalue weighted by Gasteiger charge is 2.09. The molecule has 0 bridgehead atoms. The molecule has 1 heteroatoms. The van der Waals surface area contributed by atoms with Crippen LogP contribution in [0.2, 0.25) is 0 Å². The first-order valence-electron chi connectivity index (χ1n) is 4.51. The molecule has 0 aliphatic rings. The third-order valence-electron chi connectivity index (χ3n) is 1.72. The van der Waals surface area contributed by atoms with E-state index in [1.807, 2.05) is 6.92 Å². The van der Waals surface area contributed by atoms with Gasteiger partial charge in [-0.15, -0.1) is 0 Å². The zero-order valence-corrected chi connectivity index (χ0v) is 8.78. The van der Waals surface area contributed by atoms with Crippen molar-refractivity contribution >= 4 is 0 Å². The van der Waals surface area contributed by atoms with E-state index in [0.29, 0.717) is 12.0 Å². The molecule has 0 saturated heterocycles. The largest absolute Gasteiger partial charge is 0.383 e. The summed E-state index contributed by atoms with van der Waals surface area (Å²) in [5, 5.41) is 3.32. The van der Waals surface area contributed by atoms with Crippen molar-refractivity contribution in [3.8, 4) is 0 Å². The fourth-order valence-corrected chi connectivity index (χ4v) is 1.15. The molecular weight excluding hydrogens is 146 g/mol. The molecule has 12 heavy (non-hydrogen) atoms. The minimum atomic E-state index is 0.391. The quantitative estimate of drug-likeness (QED) is 0.620. The van der Waals surface area contributed by atoms with E-state index in [1.165, 1.54) is 5.57 Å². The van der Waals surface area contributed by atoms with Gasteiger partial charge in [-0.25, -0.2) is 0 Å². The van der Waals surface area contributed by atoms with E-state index in [4.69, 9.17) is 0 Å². The molecule has 0 aliphatic heterocycles. The highest BCUT2D eigenvalue weighted by atomic mass is 14.9. The summed E-state index contributed by atoms with van der Waals surface area (Å²) in [6, 6.07) is 0.391. The molecule has 70 valence electrons. The highest BCUT2D eigenvalue weighted by molar-refractivity contribution is 5.06. The normalized spacial score (nSPS) is 12.8. The molecule has 0 fully saturated rings. The second-order valence-electron chi connectivity index (χ2n) is 3.95. The van der Waals surface area contributed by atoms with Gasteiger partial charge in [0.1, 0.15) is 0 Å². The summed E-state index contributed by atoms with van der Waals surface area (Å²) < 4.78 is 0. The van der Waals surface area contributed by atoms with Crippen LogP contribution < -0.4 is 5.32 Å². The maximum absolute atomic E-state index is 3.96. The molecule has 0 aliphatic carbocycles. The predicted octanol–water partition coefficient (Wildman–Crippen LogP) is 3.10. The molecule has 1 nitrogen and oxygen atoms in total. The molecule has 0 amide bonds. The molecule has 1 N–H and O–H groups in total. The summed E-state index contributed by atoms with van der Waals surface area (Å²) in [7, 11) is 0. The van der Waals surface area contributed by atoms with Crippen LogP contribution in [-0.2, 0) is 0 Å². The standard InChI is InChI=1S/C11H21N/c1-8(2)7-11(9(3)4)12-10(5)6/h8,11-12H,3,5,7H2,1-2,4,6H3. The van der Waals surface area contributed by atoms with E-state index < -0.39 is 0 Å². The van der Waals surface area contributed by atoms with Gasteiger partial charge in [0.05, 0.1) is 0 Å². The minimum absolute atomic E-state index is 0.391. The van der Waals surface area contributed by atoms with Crippen molar-refractivity contribution in [1.29, 1.82) is 0 Å². The van der Waals surface area contributed by atoms with E-state index in [1.54, 1.807) is 0 Å². The van der Waals surface area contributed by atoms with Crippen LogP contribution in [0.15, 0.2) is 24.4 Å². The molecule has 0 heterocycles. The Bertz CT molecular complexity index is 168. The van der Waals surface area contributed by atoms with Gasteiger partial charge in [-0.2, -0.15) is 0 Å². The molecule has 1 atom stereocenters. The van der Waals surface area contributed by atoms with Crippen LogP contribution in [0.5, 0.6) is 0 Å². The van der Waals surface area contributed by atoms with Crippen molar-refractivity contribution in [2.75, 3.05) is 0 Å². The van der Waals surface area contributed by atoms with Crippen LogP contribution in [-0.4, -0.2) is 6.04 Å². The van der Waals surface area contributed by atoms with Gasteiger partial charge < -0.3 is 5.32 Å². The van der Waals surface area contributed by atoms with Gasteiger partial charge in [0, 0.05) is 11.7 Å². The van der Waals surface area contributed by atoms with Crippen LogP contribution in [0.25, 0.3) is 0 Å². The van der Waals surface area contributed by atoms with E-state index in [-0.39, 0.29) is 0 Å². The molecule has 0 aromatic carbocycles. The number of allylic oxidation sites excluding steroid dienone is 1. The fraction of sp³-hybridized carbons (Fsp3) is 0.636. The first kappa shape index (κ1) is 11.3. The van der Waals surface area contributed by atoms with Crippen molar-refractivity contribution in [1.82, 2.24) is 5.32 Å². The average molecular weight is 167 g/mol. The summed E-state index contributed by atoms with van der Waals surface area (Å²) in [6.45, 7) is 16.3. The van der Waals surface area contributed by atoms with Crippen molar-refractivity contribution < 1.29 is 0 Å². The van der Waals surface area contributed by atoms with Gasteiger partial charge in [-0.1, -0.05) is 32.6 Å². The number of nitrogens with one attached hydrogen (secondary N) is 1. The Morgan fingerprint density at radius 1 is 1.25 bits per heavy atom. The molecule has 0 rings (SSSR count). The van der Waals surface area contributed by atoms with Gasteiger partial charge in [0.15, 0.2) is 0 Å². The van der Waals surface area contributed by atoms with Gasteiger partial charge in [0.2, 0.25) is 0 Å². The second kappa shape index (κ2) is 5.02. The second-order valence-corrected chi connectivity index (χ2v) is 3.95. The van der Waals surface area contributed by atoms with Gasteiger partial charge in [0.25, 0.3) is 0 Å². The summed E-state index contributed by atoms with van der Waals surface area (Å²) in [5.41, 5.74) is 2.20. The Kier molecular flexibility index (Phi) is 4.72. The van der Waals surface area contributed by atoms with E-state index in [0.717, 1.165) is 12.1 Å². The first-order valence-corrected chi connectivity index (χ1v) is 4.51. The zero-order valence-electron chi connectivity index (χ0n) is 8.78. The third-order valence-corrected chi connectivity index (χ3v) is 1.72. The van der Waals surface area contributed by atoms with E-state index in [9.17, 15) is 0 Å². The lowest BCUT2D eigenvalue weighted by Crippen LogP contribution is -2.29.